The van der Waals surface area contributed by atoms with Crippen molar-refractivity contribution in [2.75, 3.05) is 0 Å². The summed E-state index contributed by atoms with van der Waals surface area (Å²) < 4.78 is 0. The number of halogens is 1. The van der Waals surface area contributed by atoms with Gasteiger partial charge < -0.3 is 17.0 Å². The van der Waals surface area contributed by atoms with E-state index in [1.54, 1.807) is 0 Å². The van der Waals surface area contributed by atoms with Gasteiger partial charge in [0.25, 0.3) is 0 Å². The Balaban J connectivity index is 0. The number of benzene rings is 1. The summed E-state index contributed by atoms with van der Waals surface area (Å²) in [6, 6.07) is 11.6. The molecule has 0 amide bonds. The molecule has 0 unspecified atom stereocenters. The minimum Gasteiger partial charge on any atom is -1.00 e. The molecular formula is C17H19BrSiTi. The van der Waals surface area contributed by atoms with Gasteiger partial charge >= 0.3 is 21.7 Å². The number of rotatable bonds is 1. The van der Waals surface area contributed by atoms with E-state index in [0.717, 1.165) is 12.8 Å². The van der Waals surface area contributed by atoms with E-state index in [0.29, 0.717) is 0 Å². The molecule has 0 fully saturated rings. The molecule has 0 atom stereocenters. The molecule has 2 radical (unpaired) electrons. The van der Waals surface area contributed by atoms with Crippen molar-refractivity contribution in [3.63, 3.8) is 0 Å². The van der Waals surface area contributed by atoms with E-state index >= 15 is 0 Å². The average molecular weight is 379 g/mol. The maximum Gasteiger partial charge on any atom is 3.00 e. The quantitative estimate of drug-likeness (QED) is 0.491. The van der Waals surface area contributed by atoms with Crippen molar-refractivity contribution in [1.29, 1.82) is 0 Å². The summed E-state index contributed by atoms with van der Waals surface area (Å²) in [6.07, 6.45) is 20.0. The topological polar surface area (TPSA) is 0 Å². The van der Waals surface area contributed by atoms with Gasteiger partial charge in [-0.1, -0.05) is 35.9 Å². The fourth-order valence-electron chi connectivity index (χ4n) is 1.33. The third-order valence-electron chi connectivity index (χ3n) is 2.30. The monoisotopic (exact) mass is 378 g/mol. The molecule has 0 aliphatic heterocycles. The van der Waals surface area contributed by atoms with E-state index in [9.17, 15) is 0 Å². The van der Waals surface area contributed by atoms with Crippen molar-refractivity contribution in [3.8, 4) is 0 Å². The standard InChI is InChI=1S/C7H9Si.2C5H5.BrH.Ti/c8-6-7-4-2-1-3-5-7;2*1-2-4-5-3-1;;/h1-5H,6,8H2;2*1-3H,4H2;1H;/q;2*-1;;+3/p-1. The molecule has 20 heavy (non-hydrogen) atoms. The van der Waals surface area contributed by atoms with Crippen LogP contribution in [-0.2, 0) is 27.8 Å². The molecule has 0 aromatic heterocycles. The van der Waals surface area contributed by atoms with Gasteiger partial charge in [0.15, 0.2) is 0 Å². The molecule has 102 valence electrons. The molecule has 1 aromatic rings. The first kappa shape index (κ1) is 21.9. The third-order valence-corrected chi connectivity index (χ3v) is 2.88. The zero-order valence-electron chi connectivity index (χ0n) is 11.6. The second-order valence-corrected chi connectivity index (χ2v) is 4.24. The van der Waals surface area contributed by atoms with Crippen molar-refractivity contribution >= 4 is 10.2 Å². The maximum absolute atomic E-state index is 2.99. The third kappa shape index (κ3) is 12.6. The van der Waals surface area contributed by atoms with Crippen molar-refractivity contribution in [1.82, 2.24) is 0 Å². The van der Waals surface area contributed by atoms with Gasteiger partial charge in [-0.05, 0) is 6.04 Å². The van der Waals surface area contributed by atoms with E-state index in [4.69, 9.17) is 0 Å². The fraction of sp³-hybridized carbons (Fsp3) is 0.176. The van der Waals surface area contributed by atoms with Crippen molar-refractivity contribution in [3.05, 3.63) is 84.5 Å². The first-order valence-corrected chi connectivity index (χ1v) is 7.20. The van der Waals surface area contributed by atoms with Crippen molar-refractivity contribution < 1.29 is 38.7 Å². The van der Waals surface area contributed by atoms with Crippen LogP contribution in [-0.4, -0.2) is 10.2 Å². The van der Waals surface area contributed by atoms with Gasteiger partial charge in [0.1, 0.15) is 0 Å². The SMILES string of the molecule is [Br-].[C-]1=CC=CC1.[C-]1=CC=CC1.[SiH2]Cc1ccccc1.[Ti+3]. The Bertz CT molecular complexity index is 380. The number of allylic oxidation sites excluding steroid dienone is 8. The average Bonchev–Trinajstić information content (AvgIpc) is 3.17. The molecule has 0 bridgehead atoms. The van der Waals surface area contributed by atoms with Crippen LogP contribution >= 0.6 is 0 Å². The smallest absolute Gasteiger partial charge is 1.00 e. The van der Waals surface area contributed by atoms with Crippen LogP contribution in [0.1, 0.15) is 18.4 Å². The molecule has 3 heteroatoms. The van der Waals surface area contributed by atoms with E-state index in [1.807, 2.05) is 40.6 Å². The van der Waals surface area contributed by atoms with Gasteiger partial charge in [-0.15, -0.1) is 12.8 Å². The molecule has 0 saturated heterocycles. The Morgan fingerprint density at radius 1 is 0.900 bits per heavy atom. The summed E-state index contributed by atoms with van der Waals surface area (Å²) >= 11 is 0. The molecule has 0 heterocycles. The molecule has 0 saturated carbocycles. The van der Waals surface area contributed by atoms with Crippen LogP contribution < -0.4 is 17.0 Å². The van der Waals surface area contributed by atoms with Crippen LogP contribution in [0.4, 0.5) is 0 Å². The molecule has 3 rings (SSSR count). The molecule has 2 aliphatic carbocycles. The molecule has 1 aromatic carbocycles. The zero-order valence-corrected chi connectivity index (χ0v) is 16.1. The molecule has 2 aliphatic rings. The Labute approximate surface area is 151 Å². The molecular weight excluding hydrogens is 360 g/mol. The van der Waals surface area contributed by atoms with Gasteiger partial charge in [-0.2, -0.15) is 12.2 Å². The first-order chi connectivity index (χ1) is 8.93. The molecule has 0 nitrogen and oxygen atoms in total. The number of hydrogen-bond donors (Lipinski definition) is 0. The second-order valence-electron chi connectivity index (χ2n) is 3.74. The maximum atomic E-state index is 2.99. The van der Waals surface area contributed by atoms with Crippen LogP contribution in [0.25, 0.3) is 0 Å². The fourth-order valence-corrected chi connectivity index (χ4v) is 1.66. The first-order valence-electron chi connectivity index (χ1n) is 6.20. The van der Waals surface area contributed by atoms with Crippen LogP contribution in [0, 0.1) is 12.2 Å². The Morgan fingerprint density at radius 2 is 1.40 bits per heavy atom. The molecule has 0 N–H and O–H groups in total. The summed E-state index contributed by atoms with van der Waals surface area (Å²) in [7, 11) is 1.98. The zero-order chi connectivity index (χ0) is 12.9. The normalized spacial score (nSPS) is 12.4. The van der Waals surface area contributed by atoms with E-state index in [-0.39, 0.29) is 38.7 Å². The second kappa shape index (κ2) is 16.6. The predicted molar refractivity (Wildman–Crippen MR) is 81.8 cm³/mol. The van der Waals surface area contributed by atoms with E-state index < -0.39 is 0 Å². The van der Waals surface area contributed by atoms with Gasteiger partial charge in [-0.3, -0.25) is 12.2 Å². The van der Waals surface area contributed by atoms with Gasteiger partial charge in [0, 0.05) is 10.2 Å². The minimum absolute atomic E-state index is 0. The van der Waals surface area contributed by atoms with Crippen molar-refractivity contribution in [2.45, 2.75) is 18.9 Å². The number of hydrogen-bond acceptors (Lipinski definition) is 0. The van der Waals surface area contributed by atoms with Crippen LogP contribution in [0.15, 0.2) is 66.8 Å². The van der Waals surface area contributed by atoms with Gasteiger partial charge in [0.05, 0.1) is 0 Å². The Kier molecular flexibility index (Phi) is 18.2. The summed E-state index contributed by atoms with van der Waals surface area (Å²) in [6.45, 7) is 0. The van der Waals surface area contributed by atoms with Gasteiger partial charge in [-0.25, -0.2) is 24.3 Å². The summed E-state index contributed by atoms with van der Waals surface area (Å²) in [5.74, 6) is 0. The predicted octanol–water partition coefficient (Wildman–Crippen LogP) is 0.433. The van der Waals surface area contributed by atoms with Gasteiger partial charge in [0.2, 0.25) is 0 Å². The van der Waals surface area contributed by atoms with E-state index in [2.05, 4.69) is 48.6 Å². The van der Waals surface area contributed by atoms with Crippen LogP contribution in [0.5, 0.6) is 0 Å². The summed E-state index contributed by atoms with van der Waals surface area (Å²) in [5.41, 5.74) is 1.42. The summed E-state index contributed by atoms with van der Waals surface area (Å²) in [5, 5.41) is 0. The largest absolute Gasteiger partial charge is 3.00 e. The minimum atomic E-state index is 0. The Hall–Kier alpha value is -0.409. The van der Waals surface area contributed by atoms with E-state index in [1.165, 1.54) is 11.6 Å². The molecule has 0 spiro atoms. The Morgan fingerprint density at radius 3 is 1.60 bits per heavy atom. The van der Waals surface area contributed by atoms with Crippen molar-refractivity contribution in [2.24, 2.45) is 0 Å². The van der Waals surface area contributed by atoms with Crippen LogP contribution in [0.2, 0.25) is 0 Å². The van der Waals surface area contributed by atoms with Crippen LogP contribution in [0.3, 0.4) is 0 Å². The summed E-state index contributed by atoms with van der Waals surface area (Å²) in [4.78, 5) is 0.